The standard InChI is InChI=1S/C24H22ClF3N4O4/c1-14(2)12-32-21(33)19-20(30(3)23(32)34)29-22(31(19)13-15-7-9-16(25)10-8-15)35-17-5-4-6-18(11-17)36-24(26,27)28/h4-11,22,29H,1,12-13H2,2-3H3. The number of hydrogen-bond donors (Lipinski definition) is 1. The number of nitrogens with one attached hydrogen (secondary N) is 1. The predicted molar refractivity (Wildman–Crippen MR) is 130 cm³/mol. The lowest BCUT2D eigenvalue weighted by Crippen LogP contribution is -2.43. The Morgan fingerprint density at radius 3 is 2.44 bits per heavy atom. The highest BCUT2D eigenvalue weighted by atomic mass is 35.5. The van der Waals surface area contributed by atoms with Crippen molar-refractivity contribution in [2.24, 2.45) is 7.05 Å². The highest BCUT2D eigenvalue weighted by Gasteiger charge is 2.37. The van der Waals surface area contributed by atoms with E-state index in [1.54, 1.807) is 36.1 Å². The molecular weight excluding hydrogens is 501 g/mol. The molecule has 2 heterocycles. The minimum absolute atomic E-state index is 0.0237. The van der Waals surface area contributed by atoms with Crippen LogP contribution in [0.4, 0.5) is 24.7 Å². The van der Waals surface area contributed by atoms with Crippen molar-refractivity contribution in [1.82, 2.24) is 9.13 Å². The van der Waals surface area contributed by atoms with Gasteiger partial charge < -0.3 is 19.7 Å². The van der Waals surface area contributed by atoms with Crippen LogP contribution in [0.2, 0.25) is 5.02 Å². The average Bonchev–Trinajstić information content (AvgIpc) is 3.13. The van der Waals surface area contributed by atoms with Gasteiger partial charge in [-0.3, -0.25) is 13.9 Å². The molecule has 1 N–H and O–H groups in total. The molecule has 4 rings (SSSR count). The lowest BCUT2D eigenvalue weighted by molar-refractivity contribution is -0.274. The molecule has 1 aliphatic heterocycles. The first-order chi connectivity index (χ1) is 16.9. The molecule has 2 aromatic carbocycles. The molecule has 8 nitrogen and oxygen atoms in total. The minimum atomic E-state index is -4.87. The normalized spacial score (nSPS) is 14.8. The minimum Gasteiger partial charge on any atom is -0.452 e. The Morgan fingerprint density at radius 2 is 1.81 bits per heavy atom. The third-order valence-corrected chi connectivity index (χ3v) is 5.59. The van der Waals surface area contributed by atoms with Gasteiger partial charge in [0.2, 0.25) is 0 Å². The molecule has 190 valence electrons. The van der Waals surface area contributed by atoms with E-state index in [4.69, 9.17) is 16.3 Å². The second-order valence-electron chi connectivity index (χ2n) is 8.28. The number of ether oxygens (including phenoxy) is 2. The van der Waals surface area contributed by atoms with E-state index < -0.39 is 29.7 Å². The number of anilines is 2. The van der Waals surface area contributed by atoms with E-state index in [0.29, 0.717) is 10.6 Å². The summed E-state index contributed by atoms with van der Waals surface area (Å²) in [7, 11) is 1.50. The summed E-state index contributed by atoms with van der Waals surface area (Å²) in [6.45, 7) is 5.68. The van der Waals surface area contributed by atoms with Crippen LogP contribution < -0.4 is 30.9 Å². The molecule has 1 unspecified atom stereocenters. The fraction of sp³-hybridized carbons (Fsp3) is 0.250. The second-order valence-corrected chi connectivity index (χ2v) is 8.72. The monoisotopic (exact) mass is 522 g/mol. The van der Waals surface area contributed by atoms with Crippen molar-refractivity contribution in [1.29, 1.82) is 0 Å². The number of allylic oxidation sites excluding steroid dienone is 1. The molecule has 0 radical (unpaired) electrons. The van der Waals surface area contributed by atoms with Crippen LogP contribution in [0, 0.1) is 0 Å². The van der Waals surface area contributed by atoms with Crippen LogP contribution in [0.5, 0.6) is 11.5 Å². The summed E-state index contributed by atoms with van der Waals surface area (Å²) in [6, 6.07) is 11.9. The number of benzene rings is 2. The van der Waals surface area contributed by atoms with E-state index >= 15 is 0 Å². The molecular formula is C24H22ClF3N4O4. The third-order valence-electron chi connectivity index (χ3n) is 5.34. The maximum Gasteiger partial charge on any atom is 0.573 e. The van der Waals surface area contributed by atoms with Gasteiger partial charge in [0.15, 0.2) is 0 Å². The van der Waals surface area contributed by atoms with E-state index in [2.05, 4.69) is 16.6 Å². The first-order valence-electron chi connectivity index (χ1n) is 10.7. The van der Waals surface area contributed by atoms with E-state index in [1.165, 1.54) is 23.7 Å². The molecule has 0 bridgehead atoms. The quantitative estimate of drug-likeness (QED) is 0.461. The molecule has 0 fully saturated rings. The van der Waals surface area contributed by atoms with Gasteiger partial charge in [0, 0.05) is 24.7 Å². The van der Waals surface area contributed by atoms with Crippen molar-refractivity contribution >= 4 is 23.1 Å². The maximum atomic E-state index is 13.4. The molecule has 0 aliphatic carbocycles. The highest BCUT2D eigenvalue weighted by molar-refractivity contribution is 6.30. The summed E-state index contributed by atoms with van der Waals surface area (Å²) in [5.41, 5.74) is 0.441. The Labute approximate surface area is 208 Å². The van der Waals surface area contributed by atoms with Gasteiger partial charge in [0.05, 0.1) is 6.54 Å². The van der Waals surface area contributed by atoms with Crippen LogP contribution in [0.25, 0.3) is 0 Å². The molecule has 0 spiro atoms. The van der Waals surface area contributed by atoms with E-state index in [9.17, 15) is 22.8 Å². The fourth-order valence-corrected chi connectivity index (χ4v) is 3.94. The summed E-state index contributed by atoms with van der Waals surface area (Å²) in [5.74, 6) is -0.198. The van der Waals surface area contributed by atoms with Crippen LogP contribution in [0.1, 0.15) is 12.5 Å². The topological polar surface area (TPSA) is 77.7 Å². The van der Waals surface area contributed by atoms with Gasteiger partial charge in [0.1, 0.15) is 23.0 Å². The Kier molecular flexibility index (Phi) is 6.77. The Morgan fingerprint density at radius 1 is 1.14 bits per heavy atom. The zero-order valence-corrected chi connectivity index (χ0v) is 20.1. The lowest BCUT2D eigenvalue weighted by Gasteiger charge is -2.27. The van der Waals surface area contributed by atoms with Crippen LogP contribution >= 0.6 is 11.6 Å². The van der Waals surface area contributed by atoms with Gasteiger partial charge in [-0.25, -0.2) is 4.79 Å². The maximum absolute atomic E-state index is 13.4. The molecule has 0 amide bonds. The molecule has 0 saturated heterocycles. The summed E-state index contributed by atoms with van der Waals surface area (Å²) in [4.78, 5) is 27.9. The van der Waals surface area contributed by atoms with Crippen molar-refractivity contribution in [3.8, 4) is 11.5 Å². The van der Waals surface area contributed by atoms with Crippen LogP contribution in [0.3, 0.4) is 0 Å². The van der Waals surface area contributed by atoms with Crippen molar-refractivity contribution in [2.75, 3.05) is 10.2 Å². The zero-order valence-electron chi connectivity index (χ0n) is 19.3. The van der Waals surface area contributed by atoms with Gasteiger partial charge in [-0.2, -0.15) is 0 Å². The van der Waals surface area contributed by atoms with Gasteiger partial charge in [-0.1, -0.05) is 42.0 Å². The van der Waals surface area contributed by atoms with Crippen LogP contribution in [-0.4, -0.2) is 21.8 Å². The number of rotatable bonds is 7. The van der Waals surface area contributed by atoms with Crippen molar-refractivity contribution < 1.29 is 22.6 Å². The molecule has 0 saturated carbocycles. The largest absolute Gasteiger partial charge is 0.573 e. The summed E-state index contributed by atoms with van der Waals surface area (Å²) in [6.07, 6.45) is -5.90. The van der Waals surface area contributed by atoms with Crippen molar-refractivity contribution in [2.45, 2.75) is 32.7 Å². The summed E-state index contributed by atoms with van der Waals surface area (Å²) >= 11 is 6.00. The second kappa shape index (κ2) is 9.65. The van der Waals surface area contributed by atoms with E-state index in [-0.39, 0.29) is 30.3 Å². The van der Waals surface area contributed by atoms with Crippen LogP contribution in [0.15, 0.2) is 70.3 Å². The lowest BCUT2D eigenvalue weighted by atomic mass is 10.2. The van der Waals surface area contributed by atoms with Crippen LogP contribution in [-0.2, 0) is 20.1 Å². The SMILES string of the molecule is C=C(C)Cn1c(=O)c2c(n(C)c1=O)NC(Oc1cccc(OC(F)(F)F)c1)N2Cc1ccc(Cl)cc1. The Hall–Kier alpha value is -3.86. The molecule has 1 aromatic heterocycles. The Bertz CT molecular complexity index is 1420. The smallest absolute Gasteiger partial charge is 0.452 e. The molecule has 3 aromatic rings. The zero-order chi connectivity index (χ0) is 26.2. The van der Waals surface area contributed by atoms with Gasteiger partial charge in [-0.15, -0.1) is 13.2 Å². The summed E-state index contributed by atoms with van der Waals surface area (Å²) < 4.78 is 50.3. The third kappa shape index (κ3) is 5.35. The number of halogens is 4. The number of nitrogens with zero attached hydrogens (tertiary/aromatic N) is 3. The number of aromatic nitrogens is 2. The number of fused-ring (bicyclic) bond motifs is 1. The molecule has 12 heteroatoms. The molecule has 36 heavy (non-hydrogen) atoms. The van der Waals surface area contributed by atoms with Gasteiger partial charge >= 0.3 is 12.1 Å². The number of hydrogen-bond acceptors (Lipinski definition) is 6. The first kappa shape index (κ1) is 25.2. The summed E-state index contributed by atoms with van der Waals surface area (Å²) in [5, 5.41) is 3.53. The van der Waals surface area contributed by atoms with Crippen molar-refractivity contribution in [3.63, 3.8) is 0 Å². The first-order valence-corrected chi connectivity index (χ1v) is 11.1. The predicted octanol–water partition coefficient (Wildman–Crippen LogP) is 4.47. The number of alkyl halides is 3. The van der Waals surface area contributed by atoms with E-state index in [0.717, 1.165) is 22.3 Å². The van der Waals surface area contributed by atoms with Gasteiger partial charge in [0.25, 0.3) is 11.9 Å². The highest BCUT2D eigenvalue weighted by Crippen LogP contribution is 2.34. The Balaban J connectivity index is 1.76. The molecule has 1 aliphatic rings. The van der Waals surface area contributed by atoms with Crippen molar-refractivity contribution in [3.05, 3.63) is 92.1 Å². The molecule has 1 atom stereocenters. The fourth-order valence-electron chi connectivity index (χ4n) is 3.81. The average molecular weight is 523 g/mol. The van der Waals surface area contributed by atoms with Gasteiger partial charge in [-0.05, 0) is 36.8 Å². The van der Waals surface area contributed by atoms with E-state index in [1.807, 2.05) is 0 Å².